The van der Waals surface area contributed by atoms with Crippen LogP contribution >= 0.6 is 23.4 Å². The van der Waals surface area contributed by atoms with Gasteiger partial charge in [0.15, 0.2) is 18.2 Å². The van der Waals surface area contributed by atoms with Gasteiger partial charge in [0.1, 0.15) is 0 Å². The highest BCUT2D eigenvalue weighted by atomic mass is 35.5. The van der Waals surface area contributed by atoms with E-state index in [1.807, 2.05) is 36.0 Å². The molecule has 1 aliphatic rings. The lowest BCUT2D eigenvalue weighted by atomic mass is 10.1. The molecule has 1 amide bonds. The van der Waals surface area contributed by atoms with Crippen LogP contribution in [0.25, 0.3) is 0 Å². The Kier molecular flexibility index (Phi) is 6.21. The first-order chi connectivity index (χ1) is 12.1. The molecular weight excluding hydrogens is 361 g/mol. The standard InChI is InChI=1S/C19H19ClFNO2S/c20-15-6-2-1-5-14(15)18-9-10-22(11-12-25-18)19(23)13-24-17-8-4-3-7-16(17)21/h1-8,18H,9-13H2/t18-/m0/s1. The number of benzene rings is 2. The van der Waals surface area contributed by atoms with E-state index in [2.05, 4.69) is 0 Å². The van der Waals surface area contributed by atoms with Crippen molar-refractivity contribution in [2.45, 2.75) is 11.7 Å². The topological polar surface area (TPSA) is 29.5 Å². The molecule has 0 spiro atoms. The summed E-state index contributed by atoms with van der Waals surface area (Å²) in [5, 5.41) is 1.04. The monoisotopic (exact) mass is 379 g/mol. The van der Waals surface area contributed by atoms with Crippen LogP contribution in [0.1, 0.15) is 17.2 Å². The number of ether oxygens (including phenoxy) is 1. The fourth-order valence-electron chi connectivity index (χ4n) is 2.80. The second-order valence-corrected chi connectivity index (χ2v) is 7.49. The number of thioether (sulfide) groups is 1. The van der Waals surface area contributed by atoms with Crippen LogP contribution in [-0.2, 0) is 4.79 Å². The molecular formula is C19H19ClFNO2S. The van der Waals surface area contributed by atoms with Gasteiger partial charge in [0.2, 0.25) is 0 Å². The maximum absolute atomic E-state index is 13.6. The molecule has 0 saturated carbocycles. The van der Waals surface area contributed by atoms with Gasteiger partial charge in [0.05, 0.1) is 0 Å². The molecule has 3 rings (SSSR count). The Labute approximate surface area is 156 Å². The SMILES string of the molecule is O=C(COc1ccccc1F)N1CCS[C@H](c2ccccc2Cl)CC1. The van der Waals surface area contributed by atoms with Crippen molar-refractivity contribution in [3.05, 3.63) is 64.9 Å². The molecule has 25 heavy (non-hydrogen) atoms. The zero-order valence-electron chi connectivity index (χ0n) is 13.7. The predicted octanol–water partition coefficient (Wildman–Crippen LogP) is 4.56. The number of halogens is 2. The van der Waals surface area contributed by atoms with Gasteiger partial charge in [-0.15, -0.1) is 0 Å². The number of amides is 1. The zero-order chi connectivity index (χ0) is 17.6. The second kappa shape index (κ2) is 8.59. The summed E-state index contributed by atoms with van der Waals surface area (Å²) < 4.78 is 18.9. The number of para-hydroxylation sites is 1. The molecule has 0 bridgehead atoms. The van der Waals surface area contributed by atoms with Gasteiger partial charge in [0.25, 0.3) is 5.91 Å². The van der Waals surface area contributed by atoms with Gasteiger partial charge >= 0.3 is 0 Å². The van der Waals surface area contributed by atoms with Gasteiger partial charge < -0.3 is 9.64 Å². The zero-order valence-corrected chi connectivity index (χ0v) is 15.2. The fourth-order valence-corrected chi connectivity index (χ4v) is 4.40. The Morgan fingerprint density at radius 3 is 2.76 bits per heavy atom. The Hall–Kier alpha value is -1.72. The van der Waals surface area contributed by atoms with Gasteiger partial charge in [0, 0.05) is 29.1 Å². The lowest BCUT2D eigenvalue weighted by molar-refractivity contribution is -0.133. The Morgan fingerprint density at radius 1 is 1.20 bits per heavy atom. The van der Waals surface area contributed by atoms with E-state index in [-0.39, 0.29) is 23.5 Å². The van der Waals surface area contributed by atoms with Crippen molar-refractivity contribution < 1.29 is 13.9 Å². The first kappa shape index (κ1) is 18.1. The minimum Gasteiger partial charge on any atom is -0.481 e. The van der Waals surface area contributed by atoms with E-state index in [9.17, 15) is 9.18 Å². The van der Waals surface area contributed by atoms with E-state index in [4.69, 9.17) is 16.3 Å². The average molecular weight is 380 g/mol. The molecule has 0 radical (unpaired) electrons. The summed E-state index contributed by atoms with van der Waals surface area (Å²) >= 11 is 8.10. The van der Waals surface area contributed by atoms with Crippen molar-refractivity contribution in [2.75, 3.05) is 25.4 Å². The number of hydrogen-bond acceptors (Lipinski definition) is 3. The molecule has 1 heterocycles. The third-order valence-electron chi connectivity index (χ3n) is 4.13. The summed E-state index contributed by atoms with van der Waals surface area (Å²) in [6.07, 6.45) is 0.833. The number of nitrogens with zero attached hydrogens (tertiary/aromatic N) is 1. The maximum Gasteiger partial charge on any atom is 0.260 e. The Balaban J connectivity index is 1.56. The van der Waals surface area contributed by atoms with E-state index in [1.165, 1.54) is 12.1 Å². The number of carbonyl (C=O) groups is 1. The highest BCUT2D eigenvalue weighted by molar-refractivity contribution is 7.99. The lowest BCUT2D eigenvalue weighted by Crippen LogP contribution is -2.36. The van der Waals surface area contributed by atoms with Crippen molar-refractivity contribution >= 4 is 29.3 Å². The van der Waals surface area contributed by atoms with Crippen LogP contribution in [0.15, 0.2) is 48.5 Å². The number of rotatable bonds is 4. The summed E-state index contributed by atoms with van der Waals surface area (Å²) in [5.41, 5.74) is 1.12. The summed E-state index contributed by atoms with van der Waals surface area (Å²) in [7, 11) is 0. The molecule has 1 atom stereocenters. The molecule has 1 fully saturated rings. The normalized spacial score (nSPS) is 17.8. The van der Waals surface area contributed by atoms with Crippen LogP contribution in [0.4, 0.5) is 4.39 Å². The molecule has 1 saturated heterocycles. The van der Waals surface area contributed by atoms with Crippen LogP contribution in [0.5, 0.6) is 5.75 Å². The van der Waals surface area contributed by atoms with Crippen molar-refractivity contribution in [3.63, 3.8) is 0 Å². The van der Waals surface area contributed by atoms with Crippen molar-refractivity contribution in [3.8, 4) is 5.75 Å². The van der Waals surface area contributed by atoms with E-state index in [0.29, 0.717) is 13.1 Å². The summed E-state index contributed by atoms with van der Waals surface area (Å²) in [5.74, 6) is 0.361. The second-order valence-electron chi connectivity index (χ2n) is 5.77. The molecule has 0 aromatic heterocycles. The van der Waals surface area contributed by atoms with Crippen molar-refractivity contribution in [1.82, 2.24) is 4.90 Å². The van der Waals surface area contributed by atoms with Gasteiger partial charge in [-0.05, 0) is 30.2 Å². The third-order valence-corrected chi connectivity index (χ3v) is 5.79. The maximum atomic E-state index is 13.6. The molecule has 3 nitrogen and oxygen atoms in total. The quantitative estimate of drug-likeness (QED) is 0.779. The largest absolute Gasteiger partial charge is 0.481 e. The van der Waals surface area contributed by atoms with Crippen molar-refractivity contribution in [2.24, 2.45) is 0 Å². The van der Waals surface area contributed by atoms with Crippen LogP contribution in [0, 0.1) is 5.82 Å². The highest BCUT2D eigenvalue weighted by Crippen LogP contribution is 2.37. The molecule has 6 heteroatoms. The van der Waals surface area contributed by atoms with Crippen LogP contribution in [-0.4, -0.2) is 36.3 Å². The summed E-state index contributed by atoms with van der Waals surface area (Å²) in [6.45, 7) is 1.15. The molecule has 2 aromatic rings. The van der Waals surface area contributed by atoms with E-state index >= 15 is 0 Å². The fraction of sp³-hybridized carbons (Fsp3) is 0.316. The van der Waals surface area contributed by atoms with Crippen LogP contribution < -0.4 is 4.74 Å². The van der Waals surface area contributed by atoms with Crippen molar-refractivity contribution in [1.29, 1.82) is 0 Å². The van der Waals surface area contributed by atoms with E-state index in [1.54, 1.807) is 17.0 Å². The van der Waals surface area contributed by atoms with Gasteiger partial charge in [-0.25, -0.2) is 4.39 Å². The first-order valence-electron chi connectivity index (χ1n) is 8.16. The average Bonchev–Trinajstić information content (AvgIpc) is 2.87. The van der Waals surface area contributed by atoms with Gasteiger partial charge in [-0.2, -0.15) is 11.8 Å². The lowest BCUT2D eigenvalue weighted by Gasteiger charge is -2.20. The van der Waals surface area contributed by atoms with Gasteiger partial charge in [-0.1, -0.05) is 41.9 Å². The van der Waals surface area contributed by atoms with E-state index in [0.717, 1.165) is 22.8 Å². The number of hydrogen-bond donors (Lipinski definition) is 0. The minimum absolute atomic E-state index is 0.106. The predicted molar refractivity (Wildman–Crippen MR) is 99.7 cm³/mol. The smallest absolute Gasteiger partial charge is 0.260 e. The molecule has 1 aliphatic heterocycles. The van der Waals surface area contributed by atoms with E-state index < -0.39 is 5.82 Å². The summed E-state index contributed by atoms with van der Waals surface area (Å²) in [4.78, 5) is 14.2. The van der Waals surface area contributed by atoms with Gasteiger partial charge in [-0.3, -0.25) is 4.79 Å². The summed E-state index contributed by atoms with van der Waals surface area (Å²) in [6, 6.07) is 13.9. The molecule has 132 valence electrons. The minimum atomic E-state index is -0.458. The first-order valence-corrected chi connectivity index (χ1v) is 9.59. The molecule has 0 aliphatic carbocycles. The molecule has 0 unspecified atom stereocenters. The molecule has 2 aromatic carbocycles. The Morgan fingerprint density at radius 2 is 1.96 bits per heavy atom. The third kappa shape index (κ3) is 4.67. The Bertz CT molecular complexity index is 743. The molecule has 0 N–H and O–H groups in total. The number of carbonyl (C=O) groups excluding carboxylic acids is 1. The van der Waals surface area contributed by atoms with Crippen LogP contribution in [0.3, 0.4) is 0 Å². The highest BCUT2D eigenvalue weighted by Gasteiger charge is 2.23. The van der Waals surface area contributed by atoms with Crippen LogP contribution in [0.2, 0.25) is 5.02 Å².